The molecule has 0 saturated carbocycles. The van der Waals surface area contributed by atoms with E-state index in [1.54, 1.807) is 60.9 Å². The molecule has 6 aromatic rings. The molecule has 0 radical (unpaired) electrons. The summed E-state index contributed by atoms with van der Waals surface area (Å²) < 4.78 is 37.4. The second-order valence-electron chi connectivity index (χ2n) is 19.0. The summed E-state index contributed by atoms with van der Waals surface area (Å²) in [5, 5.41) is 18.6. The van der Waals surface area contributed by atoms with Crippen molar-refractivity contribution in [3.05, 3.63) is 178 Å². The number of pyridine rings is 2. The van der Waals surface area contributed by atoms with E-state index in [0.717, 1.165) is 44.5 Å². The van der Waals surface area contributed by atoms with Gasteiger partial charge in [-0.3, -0.25) is 34.2 Å². The summed E-state index contributed by atoms with van der Waals surface area (Å²) in [6, 6.07) is 31.7. The Morgan fingerprint density at radius 1 is 0.636 bits per heavy atom. The standard InChI is InChI=1S/C29H28ClFN4O3.C16H13ClN2O3.C13H17FN2O/c1-19(36)33-28-13-26(30)25(27-4-2-3-11-32-27)12-21(28)7-10-29(37)35-23-15-34(16-24(35)18-38-17-23)14-20-5-8-22(31)9-6-20;1-10(20)19-15-9-13(17)12(14-4-2-3-7-18-14)8-11(15)5-6-16(21)22;14-11-3-1-10(2-4-11)5-16-6-12-8-17-9-13(7-16)15-12/h2-13,23-24H,14-18H2,1H3,(H,33,36);2-9H,1H3,(H,19,20)(H,21,22);1-4,12-13,15H,5-9H2/b10-7+;6-5+;. The van der Waals surface area contributed by atoms with E-state index in [1.807, 2.05) is 47.4 Å². The average Bonchev–Trinajstić information content (AvgIpc) is 3.40. The topological polar surface area (TPSA) is 179 Å². The molecule has 6 heterocycles. The van der Waals surface area contributed by atoms with Crippen LogP contribution in [0.5, 0.6) is 0 Å². The van der Waals surface area contributed by atoms with Gasteiger partial charge in [-0.15, -0.1) is 0 Å². The number of hydrogen-bond donors (Lipinski definition) is 4. The zero-order chi connectivity index (χ0) is 54.4. The van der Waals surface area contributed by atoms with Gasteiger partial charge < -0.3 is 35.4 Å². The minimum atomic E-state index is -1.08. The minimum absolute atomic E-state index is 0.0933. The fourth-order valence-corrected chi connectivity index (χ4v) is 10.2. The van der Waals surface area contributed by atoms with Crippen LogP contribution in [0.3, 0.4) is 0 Å². The molecule has 4 aliphatic heterocycles. The van der Waals surface area contributed by atoms with E-state index in [-0.39, 0.29) is 41.4 Å². The van der Waals surface area contributed by atoms with E-state index in [0.29, 0.717) is 100.0 Å². The first-order valence-corrected chi connectivity index (χ1v) is 25.7. The predicted molar refractivity (Wildman–Crippen MR) is 294 cm³/mol. The van der Waals surface area contributed by atoms with Crippen LogP contribution in [0.2, 0.25) is 10.0 Å². The number of carboxylic acids is 1. The Kier molecular flexibility index (Phi) is 19.4. The number of aliphatic carboxylic acids is 1. The maximum Gasteiger partial charge on any atom is 0.328 e. The van der Waals surface area contributed by atoms with Gasteiger partial charge in [-0.1, -0.05) is 59.6 Å². The maximum atomic E-state index is 13.4. The number of anilines is 2. The van der Waals surface area contributed by atoms with Crippen molar-refractivity contribution in [3.8, 4) is 22.5 Å². The van der Waals surface area contributed by atoms with Crippen molar-refractivity contribution in [1.29, 1.82) is 0 Å². The molecule has 4 aromatic carbocycles. The third kappa shape index (κ3) is 15.9. The predicted octanol–water partition coefficient (Wildman–Crippen LogP) is 9.08. The van der Waals surface area contributed by atoms with Crippen molar-refractivity contribution in [2.24, 2.45) is 0 Å². The molecule has 0 spiro atoms. The number of morpholine rings is 2. The van der Waals surface area contributed by atoms with Crippen LogP contribution in [-0.4, -0.2) is 130 Å². The zero-order valence-corrected chi connectivity index (χ0v) is 43.9. The number of nitrogens with zero attached hydrogens (tertiary/aromatic N) is 5. The van der Waals surface area contributed by atoms with Crippen LogP contribution < -0.4 is 16.0 Å². The number of amides is 3. The highest BCUT2D eigenvalue weighted by atomic mass is 35.5. The third-order valence-corrected chi connectivity index (χ3v) is 13.5. The van der Waals surface area contributed by atoms with E-state index in [4.69, 9.17) is 37.8 Å². The third-order valence-electron chi connectivity index (χ3n) is 12.9. The lowest BCUT2D eigenvalue weighted by molar-refractivity contribution is -0.150. The van der Waals surface area contributed by atoms with Crippen LogP contribution in [0, 0.1) is 11.6 Å². The van der Waals surface area contributed by atoms with E-state index < -0.39 is 5.97 Å². The Bertz CT molecular complexity index is 3060. The summed E-state index contributed by atoms with van der Waals surface area (Å²) in [5.41, 5.74) is 7.04. The molecular formula is C58H58Cl2F2N8O7. The van der Waals surface area contributed by atoms with Gasteiger partial charge in [0.25, 0.3) is 0 Å². The smallest absolute Gasteiger partial charge is 0.328 e. The molecule has 4 aliphatic rings. The summed E-state index contributed by atoms with van der Waals surface area (Å²) in [4.78, 5) is 62.4. The highest BCUT2D eigenvalue weighted by Crippen LogP contribution is 2.35. The Morgan fingerprint density at radius 2 is 1.08 bits per heavy atom. The summed E-state index contributed by atoms with van der Waals surface area (Å²) in [6.45, 7) is 10.2. The summed E-state index contributed by atoms with van der Waals surface area (Å²) in [5.74, 6) is -2.13. The summed E-state index contributed by atoms with van der Waals surface area (Å²) in [7, 11) is 0. The Morgan fingerprint density at radius 3 is 1.51 bits per heavy atom. The SMILES string of the molecule is CC(=O)Nc1cc(Cl)c(-c2ccccn2)cc1/C=C/C(=O)N1C2COCC1CN(Cc1ccc(F)cc1)C2.CC(=O)Nc1cc(Cl)c(-c2ccccn2)cc1/C=C/C(=O)O.Fc1ccc(CN2CC3COCC(C2)N3)cc1. The van der Waals surface area contributed by atoms with Crippen LogP contribution >= 0.6 is 23.2 Å². The number of aromatic nitrogens is 2. The summed E-state index contributed by atoms with van der Waals surface area (Å²) in [6.07, 6.45) is 8.96. The first-order chi connectivity index (χ1) is 37.1. The average molecular weight is 1090 g/mol. The molecule has 4 fully saturated rings. The molecule has 2 aromatic heterocycles. The van der Waals surface area contributed by atoms with Gasteiger partial charge in [-0.25, -0.2) is 13.6 Å². The Hall–Kier alpha value is -7.22. The fourth-order valence-electron chi connectivity index (χ4n) is 9.65. The number of halogens is 4. The van der Waals surface area contributed by atoms with Crippen molar-refractivity contribution in [3.63, 3.8) is 0 Å². The molecule has 4 atom stereocenters. The molecule has 77 heavy (non-hydrogen) atoms. The largest absolute Gasteiger partial charge is 0.478 e. The fraction of sp³-hybridized carbons (Fsp3) is 0.276. The monoisotopic (exact) mass is 1090 g/mol. The molecular weight excluding hydrogens is 1030 g/mol. The van der Waals surface area contributed by atoms with Crippen LogP contribution in [-0.2, 0) is 41.7 Å². The number of piperazine rings is 2. The lowest BCUT2D eigenvalue weighted by Gasteiger charge is -2.49. The van der Waals surface area contributed by atoms with Gasteiger partial charge in [0.15, 0.2) is 0 Å². The van der Waals surface area contributed by atoms with Crippen LogP contribution in [0.15, 0.2) is 134 Å². The molecule has 10 rings (SSSR count). The number of carboxylic acid groups (broad SMARTS) is 1. The number of carbonyl (C=O) groups excluding carboxylic acids is 3. The maximum absolute atomic E-state index is 13.4. The Balaban J connectivity index is 0.000000169. The van der Waals surface area contributed by atoms with Crippen molar-refractivity contribution < 1.29 is 42.5 Å². The summed E-state index contributed by atoms with van der Waals surface area (Å²) >= 11 is 12.8. The van der Waals surface area contributed by atoms with Gasteiger partial charge >= 0.3 is 5.97 Å². The van der Waals surface area contributed by atoms with Crippen molar-refractivity contribution in [2.45, 2.75) is 51.1 Å². The number of fused-ring (bicyclic) bond motifs is 4. The van der Waals surface area contributed by atoms with Crippen LogP contribution in [0.4, 0.5) is 20.2 Å². The highest BCUT2D eigenvalue weighted by Gasteiger charge is 2.40. The number of nitrogens with one attached hydrogen (secondary N) is 3. The molecule has 19 heteroatoms. The number of ether oxygens (including phenoxy) is 2. The molecule has 3 amide bonds. The van der Waals surface area contributed by atoms with Crippen LogP contribution in [0.25, 0.3) is 34.7 Å². The number of rotatable bonds is 12. The molecule has 4 saturated heterocycles. The highest BCUT2D eigenvalue weighted by molar-refractivity contribution is 6.34. The zero-order valence-electron chi connectivity index (χ0n) is 42.4. The number of carbonyl (C=O) groups is 4. The lowest BCUT2D eigenvalue weighted by atomic mass is 10.0. The van der Waals surface area contributed by atoms with Gasteiger partial charge in [0.05, 0.1) is 59.9 Å². The normalized spacial score (nSPS) is 19.1. The van der Waals surface area contributed by atoms with Crippen LogP contribution in [0.1, 0.15) is 36.1 Å². The van der Waals surface area contributed by atoms with Gasteiger partial charge in [-0.2, -0.15) is 0 Å². The van der Waals surface area contributed by atoms with Gasteiger partial charge in [-0.05, 0) is 107 Å². The Labute approximate surface area is 455 Å². The molecule has 4 unspecified atom stereocenters. The lowest BCUT2D eigenvalue weighted by Crippen LogP contribution is -2.65. The second kappa shape index (κ2) is 26.7. The van der Waals surface area contributed by atoms with E-state index in [2.05, 4.69) is 35.7 Å². The number of hydrogen-bond acceptors (Lipinski definition) is 11. The van der Waals surface area contributed by atoms with E-state index >= 15 is 0 Å². The molecule has 4 bridgehead atoms. The molecule has 400 valence electrons. The van der Waals surface area contributed by atoms with Crippen molar-refractivity contribution in [1.82, 2.24) is 30.0 Å². The molecule has 4 N–H and O–H groups in total. The van der Waals surface area contributed by atoms with Crippen molar-refractivity contribution in [2.75, 3.05) is 63.2 Å². The van der Waals surface area contributed by atoms with E-state index in [9.17, 15) is 28.0 Å². The first-order valence-electron chi connectivity index (χ1n) is 25.0. The molecule has 0 aliphatic carbocycles. The first kappa shape index (κ1) is 56.0. The minimum Gasteiger partial charge on any atom is -0.478 e. The van der Waals surface area contributed by atoms with Crippen molar-refractivity contribution >= 4 is 70.4 Å². The quantitative estimate of drug-likeness (QED) is 0.0857. The van der Waals surface area contributed by atoms with E-state index in [1.165, 1.54) is 55.8 Å². The second-order valence-corrected chi connectivity index (χ2v) is 19.8. The van der Waals surface area contributed by atoms with Gasteiger partial charge in [0.1, 0.15) is 11.6 Å². The number of benzene rings is 4. The van der Waals surface area contributed by atoms with Gasteiger partial charge in [0.2, 0.25) is 17.7 Å². The molecule has 15 nitrogen and oxygen atoms in total. The van der Waals surface area contributed by atoms with Gasteiger partial charge in [0, 0.05) is 112 Å².